The number of aryl methyl sites for hydroxylation is 1. The van der Waals surface area contributed by atoms with E-state index in [1.54, 1.807) is 23.5 Å². The van der Waals surface area contributed by atoms with Crippen molar-refractivity contribution in [2.45, 2.75) is 45.1 Å². The van der Waals surface area contributed by atoms with E-state index in [0.717, 1.165) is 31.2 Å². The number of benzene rings is 1. The lowest BCUT2D eigenvalue weighted by Crippen LogP contribution is -2.24. The van der Waals surface area contributed by atoms with Gasteiger partial charge in [-0.25, -0.2) is 4.39 Å². The van der Waals surface area contributed by atoms with E-state index >= 15 is 0 Å². The zero-order valence-corrected chi connectivity index (χ0v) is 16.4. The Kier molecular flexibility index (Phi) is 6.59. The molecule has 27 heavy (non-hydrogen) atoms. The second-order valence-electron chi connectivity index (χ2n) is 7.01. The molecule has 0 saturated carbocycles. The minimum Gasteiger partial charge on any atom is -0.317 e. The molecule has 0 radical (unpaired) electrons. The third kappa shape index (κ3) is 4.94. The average Bonchev–Trinajstić information content (AvgIpc) is 2.81. The molecule has 0 spiro atoms. The molecule has 1 aromatic carbocycles. The van der Waals surface area contributed by atoms with Crippen molar-refractivity contribution in [1.82, 2.24) is 4.90 Å². The average molecular weight is 386 g/mol. The molecule has 1 amide bonds. The van der Waals surface area contributed by atoms with Gasteiger partial charge in [-0.15, -0.1) is 11.3 Å². The third-order valence-electron chi connectivity index (χ3n) is 4.90. The highest BCUT2D eigenvalue weighted by molar-refractivity contribution is 7.16. The smallest absolute Gasteiger partial charge is 0.226 e. The van der Waals surface area contributed by atoms with Crippen LogP contribution in [0.25, 0.3) is 0 Å². The Hall–Kier alpha value is -2.23. The summed E-state index contributed by atoms with van der Waals surface area (Å²) in [6.07, 6.45) is 5.67. The van der Waals surface area contributed by atoms with E-state index in [2.05, 4.69) is 11.4 Å². The van der Waals surface area contributed by atoms with Gasteiger partial charge in [0.25, 0.3) is 0 Å². The molecule has 1 aliphatic rings. The molecule has 1 aliphatic carbocycles. The fourth-order valence-electron chi connectivity index (χ4n) is 3.43. The van der Waals surface area contributed by atoms with Gasteiger partial charge in [0, 0.05) is 30.0 Å². The van der Waals surface area contributed by atoms with Crippen molar-refractivity contribution in [3.8, 4) is 6.07 Å². The number of nitrogens with zero attached hydrogens (tertiary/aromatic N) is 2. The SMILES string of the molecule is CN(CCC(=O)Nc1sc2c(c1C#N)CCCCC2)Cc1ccccc1F. The van der Waals surface area contributed by atoms with Gasteiger partial charge >= 0.3 is 0 Å². The van der Waals surface area contributed by atoms with Crippen LogP contribution < -0.4 is 5.32 Å². The van der Waals surface area contributed by atoms with Gasteiger partial charge in [0.15, 0.2) is 0 Å². The molecule has 1 heterocycles. The van der Waals surface area contributed by atoms with Crippen LogP contribution in [0.2, 0.25) is 0 Å². The first-order valence-electron chi connectivity index (χ1n) is 9.35. The molecule has 0 atom stereocenters. The van der Waals surface area contributed by atoms with E-state index in [1.807, 2.05) is 18.0 Å². The number of hydrogen-bond donors (Lipinski definition) is 1. The van der Waals surface area contributed by atoms with Crippen molar-refractivity contribution in [3.63, 3.8) is 0 Å². The predicted molar refractivity (Wildman–Crippen MR) is 106 cm³/mol. The fourth-order valence-corrected chi connectivity index (χ4v) is 4.68. The first-order valence-corrected chi connectivity index (χ1v) is 10.2. The molecule has 2 aromatic rings. The number of carbonyl (C=O) groups excluding carboxylic acids is 1. The Balaban J connectivity index is 1.57. The number of halogens is 1. The molecule has 4 nitrogen and oxygen atoms in total. The van der Waals surface area contributed by atoms with Gasteiger partial charge in [-0.05, 0) is 44.4 Å². The van der Waals surface area contributed by atoms with Crippen LogP contribution in [-0.4, -0.2) is 24.4 Å². The summed E-state index contributed by atoms with van der Waals surface area (Å²) in [4.78, 5) is 15.5. The van der Waals surface area contributed by atoms with Crippen molar-refractivity contribution in [2.75, 3.05) is 18.9 Å². The summed E-state index contributed by atoms with van der Waals surface area (Å²) in [5.41, 5.74) is 2.39. The van der Waals surface area contributed by atoms with Gasteiger partial charge in [0.1, 0.15) is 16.9 Å². The van der Waals surface area contributed by atoms with Crippen molar-refractivity contribution < 1.29 is 9.18 Å². The monoisotopic (exact) mass is 385 g/mol. The summed E-state index contributed by atoms with van der Waals surface area (Å²) in [6.45, 7) is 0.976. The number of nitriles is 1. The van der Waals surface area contributed by atoms with Gasteiger partial charge < -0.3 is 10.2 Å². The number of amides is 1. The quantitative estimate of drug-likeness (QED) is 0.746. The van der Waals surface area contributed by atoms with Crippen molar-refractivity contribution in [1.29, 1.82) is 5.26 Å². The predicted octanol–water partition coefficient (Wildman–Crippen LogP) is 4.49. The minimum absolute atomic E-state index is 0.108. The lowest BCUT2D eigenvalue weighted by molar-refractivity contribution is -0.116. The van der Waals surface area contributed by atoms with Gasteiger partial charge in [0.05, 0.1) is 5.56 Å². The summed E-state index contributed by atoms with van der Waals surface area (Å²) in [5, 5.41) is 13.2. The number of thiophene rings is 1. The molecule has 0 fully saturated rings. The highest BCUT2D eigenvalue weighted by Crippen LogP contribution is 2.37. The molecule has 0 aliphatic heterocycles. The topological polar surface area (TPSA) is 56.1 Å². The van der Waals surface area contributed by atoms with Crippen LogP contribution in [0.4, 0.5) is 9.39 Å². The highest BCUT2D eigenvalue weighted by atomic mass is 32.1. The van der Waals surface area contributed by atoms with Gasteiger partial charge in [-0.1, -0.05) is 24.6 Å². The van der Waals surface area contributed by atoms with Crippen LogP contribution in [0.5, 0.6) is 0 Å². The largest absolute Gasteiger partial charge is 0.317 e. The number of anilines is 1. The summed E-state index contributed by atoms with van der Waals surface area (Å²) < 4.78 is 13.7. The summed E-state index contributed by atoms with van der Waals surface area (Å²) in [7, 11) is 1.87. The number of carbonyl (C=O) groups is 1. The lowest BCUT2D eigenvalue weighted by atomic mass is 10.1. The summed E-state index contributed by atoms with van der Waals surface area (Å²) >= 11 is 1.55. The number of rotatable bonds is 6. The van der Waals surface area contributed by atoms with Crippen LogP contribution in [-0.2, 0) is 24.2 Å². The van der Waals surface area contributed by atoms with E-state index in [1.165, 1.54) is 17.4 Å². The fraction of sp³-hybridized carbons (Fsp3) is 0.429. The van der Waals surface area contributed by atoms with E-state index in [0.29, 0.717) is 35.6 Å². The Bertz CT molecular complexity index is 856. The molecule has 142 valence electrons. The molecular formula is C21H24FN3OS. The molecule has 1 N–H and O–H groups in total. The second-order valence-corrected chi connectivity index (χ2v) is 8.11. The van der Waals surface area contributed by atoms with Gasteiger partial charge in [-0.3, -0.25) is 4.79 Å². The van der Waals surface area contributed by atoms with Crippen molar-refractivity contribution in [2.24, 2.45) is 0 Å². The lowest BCUT2D eigenvalue weighted by Gasteiger charge is -2.16. The van der Waals surface area contributed by atoms with E-state index in [-0.39, 0.29) is 11.7 Å². The number of nitrogens with one attached hydrogen (secondary N) is 1. The Labute approximate surface area is 163 Å². The van der Waals surface area contributed by atoms with Gasteiger partial charge in [-0.2, -0.15) is 5.26 Å². The maximum atomic E-state index is 13.7. The minimum atomic E-state index is -0.229. The van der Waals surface area contributed by atoms with Crippen LogP contribution in [0.1, 0.15) is 47.3 Å². The zero-order chi connectivity index (χ0) is 19.2. The Morgan fingerprint density at radius 2 is 2.07 bits per heavy atom. The molecule has 0 bridgehead atoms. The maximum absolute atomic E-state index is 13.7. The highest BCUT2D eigenvalue weighted by Gasteiger charge is 2.21. The van der Waals surface area contributed by atoms with Crippen LogP contribution in [0, 0.1) is 17.1 Å². The third-order valence-corrected chi connectivity index (χ3v) is 6.11. The molecular weight excluding hydrogens is 361 g/mol. The second kappa shape index (κ2) is 9.12. The normalized spacial score (nSPS) is 13.7. The van der Waals surface area contributed by atoms with E-state index in [9.17, 15) is 14.4 Å². The summed E-state index contributed by atoms with van der Waals surface area (Å²) in [6, 6.07) is 8.96. The first-order chi connectivity index (χ1) is 13.1. The molecule has 6 heteroatoms. The summed E-state index contributed by atoms with van der Waals surface area (Å²) in [5.74, 6) is -0.337. The Morgan fingerprint density at radius 3 is 2.85 bits per heavy atom. The number of hydrogen-bond acceptors (Lipinski definition) is 4. The molecule has 0 saturated heterocycles. The maximum Gasteiger partial charge on any atom is 0.226 e. The van der Waals surface area contributed by atoms with Crippen molar-refractivity contribution in [3.05, 3.63) is 51.7 Å². The standard InChI is InChI=1S/C21H24FN3OS/c1-25(14-15-7-5-6-9-18(15)22)12-11-20(26)24-21-17(13-23)16-8-3-2-4-10-19(16)27-21/h5-7,9H,2-4,8,10-12,14H2,1H3,(H,24,26). The zero-order valence-electron chi connectivity index (χ0n) is 15.6. The van der Waals surface area contributed by atoms with Crippen molar-refractivity contribution >= 4 is 22.2 Å². The first kappa shape index (κ1) is 19.5. The van der Waals surface area contributed by atoms with Gasteiger partial charge in [0.2, 0.25) is 5.91 Å². The molecule has 3 rings (SSSR count). The Morgan fingerprint density at radius 1 is 1.30 bits per heavy atom. The van der Waals surface area contributed by atoms with Crippen LogP contribution in [0.15, 0.2) is 24.3 Å². The molecule has 0 unspecified atom stereocenters. The van der Waals surface area contributed by atoms with Crippen LogP contribution in [0.3, 0.4) is 0 Å². The van der Waals surface area contributed by atoms with E-state index < -0.39 is 0 Å². The number of fused-ring (bicyclic) bond motifs is 1. The molecule has 1 aromatic heterocycles. The van der Waals surface area contributed by atoms with E-state index in [4.69, 9.17) is 0 Å². The van der Waals surface area contributed by atoms with Crippen LogP contribution >= 0.6 is 11.3 Å².